The Morgan fingerprint density at radius 3 is 2.00 bits per heavy atom. The van der Waals surface area contributed by atoms with Crippen LogP contribution in [0.3, 0.4) is 0 Å². The summed E-state index contributed by atoms with van der Waals surface area (Å²) in [6.07, 6.45) is 5.48. The van der Waals surface area contributed by atoms with Crippen LogP contribution in [0.2, 0.25) is 0 Å². The van der Waals surface area contributed by atoms with Crippen molar-refractivity contribution in [2.45, 2.75) is 45.1 Å². The minimum atomic E-state index is 0.467. The van der Waals surface area contributed by atoms with Crippen LogP contribution in [0.4, 0.5) is 4.39 Å². The third kappa shape index (κ3) is 3.42. The molecule has 0 spiro atoms. The van der Waals surface area contributed by atoms with Crippen LogP contribution in [-0.4, -0.2) is 44.4 Å². The molecule has 2 fully saturated rings. The molecule has 92 valence electrons. The summed E-state index contributed by atoms with van der Waals surface area (Å²) < 4.78 is 14.8. The standard InChI is InChI=1S/C9H17NO.C2H6.CH3F/c1-11-8-9-4-2-6-10(9)7-3-5-9;2*1-2/h2-8H2,1H3;1-2H3;1H3. The molecular weight excluding hydrogens is 193 g/mol. The zero-order valence-electron chi connectivity index (χ0n) is 10.7. The van der Waals surface area contributed by atoms with Gasteiger partial charge in [-0.3, -0.25) is 9.29 Å². The molecule has 0 amide bonds. The van der Waals surface area contributed by atoms with E-state index in [0.29, 0.717) is 12.7 Å². The van der Waals surface area contributed by atoms with E-state index in [1.54, 1.807) is 0 Å². The van der Waals surface area contributed by atoms with E-state index in [4.69, 9.17) is 4.74 Å². The molecule has 2 nitrogen and oxygen atoms in total. The summed E-state index contributed by atoms with van der Waals surface area (Å²) >= 11 is 0. The zero-order chi connectivity index (χ0) is 11.7. The summed E-state index contributed by atoms with van der Waals surface area (Å²) in [5, 5.41) is 0. The van der Waals surface area contributed by atoms with E-state index in [9.17, 15) is 4.39 Å². The fourth-order valence-corrected chi connectivity index (χ4v) is 2.73. The van der Waals surface area contributed by atoms with Crippen molar-refractivity contribution in [2.24, 2.45) is 0 Å². The van der Waals surface area contributed by atoms with Gasteiger partial charge < -0.3 is 4.74 Å². The Labute approximate surface area is 93.8 Å². The van der Waals surface area contributed by atoms with E-state index in [1.165, 1.54) is 38.8 Å². The summed E-state index contributed by atoms with van der Waals surface area (Å²) in [7, 11) is 2.32. The normalized spacial score (nSPS) is 22.2. The number of hydrogen-bond donors (Lipinski definition) is 0. The number of alkyl halides is 1. The molecule has 0 aromatic heterocycles. The maximum atomic E-state index is 9.50. The molecule has 0 aromatic carbocycles. The minimum absolute atomic E-state index is 0.467. The first kappa shape index (κ1) is 14.8. The first-order valence-electron chi connectivity index (χ1n) is 5.99. The maximum absolute atomic E-state index is 9.50. The molecule has 2 aliphatic rings. The van der Waals surface area contributed by atoms with E-state index >= 15 is 0 Å². The summed E-state index contributed by atoms with van der Waals surface area (Å²) in [5.41, 5.74) is 0.467. The van der Waals surface area contributed by atoms with E-state index in [-0.39, 0.29) is 0 Å². The van der Waals surface area contributed by atoms with E-state index in [0.717, 1.165) is 6.61 Å². The molecule has 2 saturated heterocycles. The topological polar surface area (TPSA) is 12.5 Å². The van der Waals surface area contributed by atoms with Crippen molar-refractivity contribution in [3.63, 3.8) is 0 Å². The van der Waals surface area contributed by atoms with Gasteiger partial charge >= 0.3 is 0 Å². The van der Waals surface area contributed by atoms with Crippen molar-refractivity contribution in [1.82, 2.24) is 4.90 Å². The largest absolute Gasteiger partial charge is 0.383 e. The van der Waals surface area contributed by atoms with Crippen LogP contribution in [-0.2, 0) is 4.74 Å². The molecule has 0 aromatic rings. The van der Waals surface area contributed by atoms with Crippen molar-refractivity contribution in [1.29, 1.82) is 0 Å². The predicted molar refractivity (Wildman–Crippen MR) is 63.0 cm³/mol. The van der Waals surface area contributed by atoms with E-state index in [1.807, 2.05) is 21.0 Å². The van der Waals surface area contributed by atoms with Gasteiger partial charge in [0.1, 0.15) is 0 Å². The third-order valence-electron chi connectivity index (χ3n) is 3.22. The van der Waals surface area contributed by atoms with Gasteiger partial charge in [-0.1, -0.05) is 13.8 Å². The van der Waals surface area contributed by atoms with Gasteiger partial charge in [-0.05, 0) is 38.8 Å². The SMILES string of the molecule is CC.CF.COCC12CCCN1CCC2. The first-order chi connectivity index (χ1) is 7.37. The van der Waals surface area contributed by atoms with E-state index < -0.39 is 0 Å². The summed E-state index contributed by atoms with van der Waals surface area (Å²) in [6, 6.07) is 0. The number of methoxy groups -OCH3 is 1. The lowest BCUT2D eigenvalue weighted by atomic mass is 9.95. The van der Waals surface area contributed by atoms with Gasteiger partial charge in [-0.25, -0.2) is 0 Å². The number of nitrogens with zero attached hydrogens (tertiary/aromatic N) is 1. The van der Waals surface area contributed by atoms with Crippen LogP contribution in [0, 0.1) is 0 Å². The predicted octanol–water partition coefficient (Wildman–Crippen LogP) is 2.87. The lowest BCUT2D eigenvalue weighted by Gasteiger charge is -2.30. The molecule has 0 bridgehead atoms. The average Bonchev–Trinajstić information content (AvgIpc) is 2.83. The van der Waals surface area contributed by atoms with Crippen LogP contribution in [0.1, 0.15) is 39.5 Å². The number of halogens is 1. The van der Waals surface area contributed by atoms with Gasteiger partial charge in [0.25, 0.3) is 0 Å². The lowest BCUT2D eigenvalue weighted by molar-refractivity contribution is 0.0655. The van der Waals surface area contributed by atoms with E-state index in [2.05, 4.69) is 4.90 Å². The Balaban J connectivity index is 0.000000442. The Kier molecular flexibility index (Phi) is 7.97. The van der Waals surface area contributed by atoms with Gasteiger partial charge in [0.15, 0.2) is 0 Å². The molecule has 0 unspecified atom stereocenters. The van der Waals surface area contributed by atoms with Crippen molar-refractivity contribution in [3.8, 4) is 0 Å². The molecule has 0 saturated carbocycles. The van der Waals surface area contributed by atoms with Gasteiger partial charge in [-0.2, -0.15) is 0 Å². The van der Waals surface area contributed by atoms with Crippen molar-refractivity contribution in [2.75, 3.05) is 34.0 Å². The molecule has 3 heteroatoms. The number of rotatable bonds is 2. The van der Waals surface area contributed by atoms with Gasteiger partial charge in [0, 0.05) is 12.6 Å². The second-order valence-electron chi connectivity index (χ2n) is 3.85. The van der Waals surface area contributed by atoms with Crippen molar-refractivity contribution >= 4 is 0 Å². The maximum Gasteiger partial charge on any atom is 0.0785 e. The molecule has 2 rings (SSSR count). The summed E-state index contributed by atoms with van der Waals surface area (Å²) in [6.45, 7) is 7.57. The lowest BCUT2D eigenvalue weighted by Crippen LogP contribution is -2.42. The van der Waals surface area contributed by atoms with Crippen LogP contribution in [0.5, 0.6) is 0 Å². The number of fused-ring (bicyclic) bond motifs is 1. The average molecular weight is 219 g/mol. The number of ether oxygens (including phenoxy) is 1. The van der Waals surface area contributed by atoms with Crippen molar-refractivity contribution in [3.05, 3.63) is 0 Å². The quantitative estimate of drug-likeness (QED) is 0.708. The van der Waals surface area contributed by atoms with Crippen LogP contribution in [0.15, 0.2) is 0 Å². The Morgan fingerprint density at radius 1 is 1.13 bits per heavy atom. The fraction of sp³-hybridized carbons (Fsp3) is 1.00. The van der Waals surface area contributed by atoms with Crippen LogP contribution < -0.4 is 0 Å². The highest BCUT2D eigenvalue weighted by Crippen LogP contribution is 2.38. The second-order valence-corrected chi connectivity index (χ2v) is 3.85. The van der Waals surface area contributed by atoms with Crippen LogP contribution >= 0.6 is 0 Å². The van der Waals surface area contributed by atoms with Gasteiger partial charge in [0.2, 0.25) is 0 Å². The Bertz CT molecular complexity index is 143. The molecule has 2 heterocycles. The Morgan fingerprint density at radius 2 is 1.60 bits per heavy atom. The zero-order valence-corrected chi connectivity index (χ0v) is 10.7. The smallest absolute Gasteiger partial charge is 0.0785 e. The minimum Gasteiger partial charge on any atom is -0.383 e. The molecular formula is C12H26FNO. The number of hydrogen-bond acceptors (Lipinski definition) is 2. The summed E-state index contributed by atoms with van der Waals surface area (Å²) in [4.78, 5) is 2.62. The second kappa shape index (κ2) is 8.05. The van der Waals surface area contributed by atoms with Gasteiger partial charge in [0.05, 0.1) is 13.8 Å². The fourth-order valence-electron chi connectivity index (χ4n) is 2.73. The Hall–Kier alpha value is -0.150. The molecule has 0 N–H and O–H groups in total. The van der Waals surface area contributed by atoms with Crippen molar-refractivity contribution < 1.29 is 9.13 Å². The summed E-state index contributed by atoms with van der Waals surface area (Å²) in [5.74, 6) is 0. The van der Waals surface area contributed by atoms with Gasteiger partial charge in [-0.15, -0.1) is 0 Å². The van der Waals surface area contributed by atoms with Crippen LogP contribution in [0.25, 0.3) is 0 Å². The molecule has 0 atom stereocenters. The molecule has 0 aliphatic carbocycles. The third-order valence-corrected chi connectivity index (χ3v) is 3.22. The molecule has 2 aliphatic heterocycles. The highest BCUT2D eigenvalue weighted by Gasteiger charge is 2.43. The molecule has 15 heavy (non-hydrogen) atoms. The highest BCUT2D eigenvalue weighted by atomic mass is 19.1. The molecule has 0 radical (unpaired) electrons. The highest BCUT2D eigenvalue weighted by molar-refractivity contribution is 4.99. The monoisotopic (exact) mass is 219 g/mol. The first-order valence-corrected chi connectivity index (χ1v) is 5.99.